The Bertz CT molecular complexity index is 511. The average Bonchev–Trinajstić information content (AvgIpc) is 2.46. The molecule has 0 saturated heterocycles. The topological polar surface area (TPSA) is 63.8 Å². The van der Waals surface area contributed by atoms with E-state index in [0.29, 0.717) is 5.69 Å². The number of aromatic nitrogens is 2. The van der Waals surface area contributed by atoms with Gasteiger partial charge < -0.3 is 11.1 Å². The van der Waals surface area contributed by atoms with Crippen LogP contribution in [0.5, 0.6) is 0 Å². The van der Waals surface area contributed by atoms with Crippen LogP contribution in [0.15, 0.2) is 36.8 Å². The molecule has 0 radical (unpaired) electrons. The van der Waals surface area contributed by atoms with Crippen molar-refractivity contribution in [2.24, 2.45) is 0 Å². The van der Waals surface area contributed by atoms with Gasteiger partial charge in [0.25, 0.3) is 0 Å². The zero-order chi connectivity index (χ0) is 13.5. The highest BCUT2D eigenvalue weighted by atomic mass is 15.0. The maximum absolute atomic E-state index is 6.03. The Morgan fingerprint density at radius 3 is 2.63 bits per heavy atom. The second kappa shape index (κ2) is 6.73. The van der Waals surface area contributed by atoms with Gasteiger partial charge in [-0.3, -0.25) is 4.98 Å². The average molecular weight is 256 g/mol. The van der Waals surface area contributed by atoms with Gasteiger partial charge in [0.1, 0.15) is 5.82 Å². The first-order valence-corrected chi connectivity index (χ1v) is 6.71. The number of hydrogen-bond donors (Lipinski definition) is 2. The maximum Gasteiger partial charge on any atom is 0.149 e. The van der Waals surface area contributed by atoms with E-state index in [4.69, 9.17) is 5.73 Å². The van der Waals surface area contributed by atoms with Crippen molar-refractivity contribution in [2.45, 2.75) is 26.2 Å². The van der Waals surface area contributed by atoms with Crippen LogP contribution in [0.1, 0.15) is 26.2 Å². The summed E-state index contributed by atoms with van der Waals surface area (Å²) < 4.78 is 0. The van der Waals surface area contributed by atoms with Crippen molar-refractivity contribution >= 4 is 11.5 Å². The van der Waals surface area contributed by atoms with E-state index < -0.39 is 0 Å². The van der Waals surface area contributed by atoms with Crippen LogP contribution >= 0.6 is 0 Å². The molecule has 0 aromatic carbocycles. The van der Waals surface area contributed by atoms with Crippen LogP contribution < -0.4 is 11.1 Å². The molecule has 0 fully saturated rings. The summed E-state index contributed by atoms with van der Waals surface area (Å²) >= 11 is 0. The summed E-state index contributed by atoms with van der Waals surface area (Å²) in [6.45, 7) is 3.11. The number of rotatable bonds is 6. The van der Waals surface area contributed by atoms with Crippen LogP contribution in [-0.4, -0.2) is 16.5 Å². The lowest BCUT2D eigenvalue weighted by Crippen LogP contribution is -2.06. The Hall–Kier alpha value is -2.10. The van der Waals surface area contributed by atoms with E-state index in [2.05, 4.69) is 22.2 Å². The molecular formula is C15H20N4. The number of nitrogens with zero attached hydrogens (tertiary/aromatic N) is 2. The van der Waals surface area contributed by atoms with Crippen LogP contribution in [0.25, 0.3) is 11.1 Å². The van der Waals surface area contributed by atoms with Gasteiger partial charge in [0, 0.05) is 30.7 Å². The van der Waals surface area contributed by atoms with E-state index in [1.165, 1.54) is 12.8 Å². The van der Waals surface area contributed by atoms with Gasteiger partial charge in [0.05, 0.1) is 5.69 Å². The molecule has 0 atom stereocenters. The summed E-state index contributed by atoms with van der Waals surface area (Å²) in [6.07, 6.45) is 8.95. The van der Waals surface area contributed by atoms with E-state index in [1.54, 1.807) is 12.4 Å². The lowest BCUT2D eigenvalue weighted by Gasteiger charge is -2.09. The zero-order valence-electron chi connectivity index (χ0n) is 11.3. The molecule has 0 aliphatic carbocycles. The summed E-state index contributed by atoms with van der Waals surface area (Å²) in [7, 11) is 0. The second-order valence-corrected chi connectivity index (χ2v) is 4.53. The van der Waals surface area contributed by atoms with Gasteiger partial charge in [0.2, 0.25) is 0 Å². The molecule has 0 aliphatic heterocycles. The molecular weight excluding hydrogens is 236 g/mol. The standard InChI is InChI=1S/C15H20N4/c1-2-3-4-7-18-15-14(16)10-13(11-19-15)12-5-8-17-9-6-12/h5-6,8-11H,2-4,7,16H2,1H3,(H,18,19). The van der Waals surface area contributed by atoms with E-state index >= 15 is 0 Å². The smallest absolute Gasteiger partial charge is 0.149 e. The molecule has 2 aromatic heterocycles. The summed E-state index contributed by atoms with van der Waals surface area (Å²) in [6, 6.07) is 5.85. The number of nitrogen functional groups attached to an aromatic ring is 1. The van der Waals surface area contributed by atoms with Crippen LogP contribution in [0, 0.1) is 0 Å². The molecule has 0 bridgehead atoms. The molecule has 0 unspecified atom stereocenters. The molecule has 2 heterocycles. The minimum atomic E-state index is 0.686. The predicted molar refractivity (Wildman–Crippen MR) is 79.9 cm³/mol. The van der Waals surface area contributed by atoms with Gasteiger partial charge in [-0.2, -0.15) is 0 Å². The van der Waals surface area contributed by atoms with Gasteiger partial charge >= 0.3 is 0 Å². The Labute approximate surface area is 114 Å². The number of anilines is 2. The monoisotopic (exact) mass is 256 g/mol. The van der Waals surface area contributed by atoms with Crippen molar-refractivity contribution in [3.63, 3.8) is 0 Å². The third-order valence-electron chi connectivity index (χ3n) is 3.00. The normalized spacial score (nSPS) is 10.4. The Kier molecular flexibility index (Phi) is 4.72. The largest absolute Gasteiger partial charge is 0.396 e. The number of unbranched alkanes of at least 4 members (excludes halogenated alkanes) is 2. The molecule has 0 aliphatic rings. The van der Waals surface area contributed by atoms with Crippen molar-refractivity contribution in [1.29, 1.82) is 0 Å². The van der Waals surface area contributed by atoms with E-state index in [1.807, 2.05) is 24.4 Å². The fourth-order valence-electron chi connectivity index (χ4n) is 1.91. The number of pyridine rings is 2. The van der Waals surface area contributed by atoms with Gasteiger partial charge in [-0.25, -0.2) is 4.98 Å². The van der Waals surface area contributed by atoms with Crippen LogP contribution in [0.2, 0.25) is 0 Å². The van der Waals surface area contributed by atoms with Gasteiger partial charge in [0.15, 0.2) is 0 Å². The van der Waals surface area contributed by atoms with Crippen molar-refractivity contribution < 1.29 is 0 Å². The van der Waals surface area contributed by atoms with Crippen molar-refractivity contribution in [3.05, 3.63) is 36.8 Å². The maximum atomic E-state index is 6.03. The first-order chi connectivity index (χ1) is 9.31. The van der Waals surface area contributed by atoms with Crippen molar-refractivity contribution in [1.82, 2.24) is 9.97 Å². The molecule has 2 rings (SSSR count). The lowest BCUT2D eigenvalue weighted by atomic mass is 10.1. The molecule has 4 nitrogen and oxygen atoms in total. The minimum absolute atomic E-state index is 0.686. The molecule has 0 amide bonds. The van der Waals surface area contributed by atoms with Crippen LogP contribution in [0.3, 0.4) is 0 Å². The predicted octanol–water partition coefficient (Wildman–Crippen LogP) is 3.33. The SMILES string of the molecule is CCCCCNc1ncc(-c2ccncc2)cc1N. The first kappa shape index (κ1) is 13.3. The van der Waals surface area contributed by atoms with E-state index in [-0.39, 0.29) is 0 Å². The van der Waals surface area contributed by atoms with Crippen LogP contribution in [-0.2, 0) is 0 Å². The Morgan fingerprint density at radius 1 is 1.16 bits per heavy atom. The molecule has 4 heteroatoms. The van der Waals surface area contributed by atoms with Gasteiger partial charge in [-0.15, -0.1) is 0 Å². The summed E-state index contributed by atoms with van der Waals surface area (Å²) in [4.78, 5) is 8.40. The Balaban J connectivity index is 2.05. The van der Waals surface area contributed by atoms with Gasteiger partial charge in [-0.1, -0.05) is 19.8 Å². The fraction of sp³-hybridized carbons (Fsp3) is 0.333. The van der Waals surface area contributed by atoms with E-state index in [9.17, 15) is 0 Å². The Morgan fingerprint density at radius 2 is 1.95 bits per heavy atom. The number of hydrogen-bond acceptors (Lipinski definition) is 4. The first-order valence-electron chi connectivity index (χ1n) is 6.71. The molecule has 0 spiro atoms. The highest BCUT2D eigenvalue weighted by molar-refractivity contribution is 5.72. The third-order valence-corrected chi connectivity index (χ3v) is 3.00. The molecule has 100 valence electrons. The summed E-state index contributed by atoms with van der Waals surface area (Å²) in [5, 5.41) is 3.28. The summed E-state index contributed by atoms with van der Waals surface area (Å²) in [5.41, 5.74) is 8.81. The number of nitrogens with two attached hydrogens (primary N) is 1. The molecule has 0 saturated carbocycles. The van der Waals surface area contributed by atoms with Crippen LogP contribution in [0.4, 0.5) is 11.5 Å². The quantitative estimate of drug-likeness (QED) is 0.778. The fourth-order valence-corrected chi connectivity index (χ4v) is 1.91. The summed E-state index contributed by atoms with van der Waals surface area (Å²) in [5.74, 6) is 0.772. The van der Waals surface area contributed by atoms with Gasteiger partial charge in [-0.05, 0) is 30.2 Å². The second-order valence-electron chi connectivity index (χ2n) is 4.53. The van der Waals surface area contributed by atoms with E-state index in [0.717, 1.165) is 29.9 Å². The molecule has 3 N–H and O–H groups in total. The third kappa shape index (κ3) is 3.68. The highest BCUT2D eigenvalue weighted by Crippen LogP contribution is 2.24. The van der Waals surface area contributed by atoms with Crippen molar-refractivity contribution in [3.8, 4) is 11.1 Å². The minimum Gasteiger partial charge on any atom is -0.396 e. The highest BCUT2D eigenvalue weighted by Gasteiger charge is 2.03. The van der Waals surface area contributed by atoms with Crippen molar-refractivity contribution in [2.75, 3.05) is 17.6 Å². The molecule has 19 heavy (non-hydrogen) atoms. The molecule has 2 aromatic rings. The number of nitrogens with one attached hydrogen (secondary N) is 1. The zero-order valence-corrected chi connectivity index (χ0v) is 11.3. The lowest BCUT2D eigenvalue weighted by molar-refractivity contribution is 0.742.